The molecule has 0 aliphatic carbocycles. The van der Waals surface area contributed by atoms with Gasteiger partial charge in [0.25, 0.3) is 0 Å². The molecule has 2 N–H and O–H groups in total. The van der Waals surface area contributed by atoms with Crippen LogP contribution in [0.3, 0.4) is 0 Å². The Kier molecular flexibility index (Phi) is 1.87. The van der Waals surface area contributed by atoms with E-state index >= 15 is 0 Å². The van der Waals surface area contributed by atoms with E-state index in [0.29, 0.717) is 12.6 Å². The molecular formula is C9H13N3OS. The second kappa shape index (κ2) is 2.98. The summed E-state index contributed by atoms with van der Waals surface area (Å²) < 4.78 is 5.86. The fraction of sp³-hybridized carbons (Fsp3) is 0.778. The lowest BCUT2D eigenvalue weighted by Crippen LogP contribution is -2.43. The molecule has 1 aromatic heterocycles. The highest BCUT2D eigenvalue weighted by molar-refractivity contribution is 7.09. The van der Waals surface area contributed by atoms with Crippen molar-refractivity contribution in [2.75, 3.05) is 6.54 Å². The van der Waals surface area contributed by atoms with E-state index in [-0.39, 0.29) is 11.5 Å². The van der Waals surface area contributed by atoms with E-state index < -0.39 is 0 Å². The molecule has 2 bridgehead atoms. The summed E-state index contributed by atoms with van der Waals surface area (Å²) in [4.78, 5) is 0. The number of nitrogens with two attached hydrogens (primary N) is 1. The van der Waals surface area contributed by atoms with Crippen molar-refractivity contribution in [1.82, 2.24) is 10.2 Å². The molecule has 0 spiro atoms. The minimum absolute atomic E-state index is 0.0237. The summed E-state index contributed by atoms with van der Waals surface area (Å²) in [6.07, 6.45) is 4.04. The zero-order valence-electron chi connectivity index (χ0n) is 7.85. The lowest BCUT2D eigenvalue weighted by molar-refractivity contribution is 0.0855. The van der Waals surface area contributed by atoms with Gasteiger partial charge in [-0.1, -0.05) is 0 Å². The van der Waals surface area contributed by atoms with Crippen molar-refractivity contribution in [3.05, 3.63) is 10.5 Å². The molecule has 3 unspecified atom stereocenters. The number of fused-ring (bicyclic) bond motifs is 2. The van der Waals surface area contributed by atoms with Crippen molar-refractivity contribution in [2.45, 2.75) is 36.9 Å². The summed E-state index contributed by atoms with van der Waals surface area (Å²) in [6, 6.07) is 0. The summed E-state index contributed by atoms with van der Waals surface area (Å²) in [6.45, 7) is 0.628. The smallest absolute Gasteiger partial charge is 0.127 e. The van der Waals surface area contributed by atoms with Gasteiger partial charge in [-0.3, -0.25) is 0 Å². The van der Waals surface area contributed by atoms with E-state index in [0.717, 1.165) is 17.8 Å². The molecule has 3 heterocycles. The molecule has 3 atom stereocenters. The third kappa shape index (κ3) is 1.00. The second-order valence-corrected chi connectivity index (χ2v) is 4.97. The highest BCUT2D eigenvalue weighted by Gasteiger charge is 2.54. The van der Waals surface area contributed by atoms with Crippen molar-refractivity contribution in [3.8, 4) is 0 Å². The fourth-order valence-electron chi connectivity index (χ4n) is 2.72. The number of hydrogen-bond acceptors (Lipinski definition) is 5. The lowest BCUT2D eigenvalue weighted by atomic mass is 9.74. The van der Waals surface area contributed by atoms with Crippen LogP contribution >= 0.6 is 11.3 Å². The van der Waals surface area contributed by atoms with Crippen LogP contribution in [-0.4, -0.2) is 29.0 Å². The maximum Gasteiger partial charge on any atom is 0.127 e. The Bertz CT molecular complexity index is 329. The second-order valence-electron chi connectivity index (χ2n) is 4.13. The van der Waals surface area contributed by atoms with Crippen LogP contribution in [0.15, 0.2) is 5.51 Å². The predicted molar refractivity (Wildman–Crippen MR) is 53.2 cm³/mol. The van der Waals surface area contributed by atoms with Crippen LogP contribution in [0.5, 0.6) is 0 Å². The maximum absolute atomic E-state index is 5.91. The Morgan fingerprint density at radius 3 is 3.07 bits per heavy atom. The average molecular weight is 211 g/mol. The molecule has 76 valence electrons. The molecule has 2 aliphatic heterocycles. The van der Waals surface area contributed by atoms with E-state index in [4.69, 9.17) is 10.5 Å². The van der Waals surface area contributed by atoms with Crippen molar-refractivity contribution >= 4 is 11.3 Å². The summed E-state index contributed by atoms with van der Waals surface area (Å²) in [5.74, 6) is 0. The fourth-order valence-corrected chi connectivity index (χ4v) is 3.54. The molecule has 1 aromatic rings. The van der Waals surface area contributed by atoms with Gasteiger partial charge in [-0.05, 0) is 19.3 Å². The third-order valence-electron chi connectivity index (χ3n) is 3.47. The zero-order valence-corrected chi connectivity index (χ0v) is 8.67. The van der Waals surface area contributed by atoms with Gasteiger partial charge in [-0.25, -0.2) is 0 Å². The predicted octanol–water partition coefficient (Wildman–Crippen LogP) is 0.686. The number of aromatic nitrogens is 2. The minimum atomic E-state index is -0.0237. The number of nitrogens with zero attached hydrogens (tertiary/aromatic N) is 2. The van der Waals surface area contributed by atoms with Crippen LogP contribution in [0.2, 0.25) is 0 Å². The topological polar surface area (TPSA) is 61.0 Å². The van der Waals surface area contributed by atoms with Gasteiger partial charge in [0.1, 0.15) is 10.5 Å². The molecule has 2 aliphatic rings. The summed E-state index contributed by atoms with van der Waals surface area (Å²) in [7, 11) is 0. The third-order valence-corrected chi connectivity index (χ3v) is 4.38. The maximum atomic E-state index is 5.91. The quantitative estimate of drug-likeness (QED) is 0.781. The highest BCUT2D eigenvalue weighted by Crippen LogP contribution is 2.49. The Morgan fingerprint density at radius 2 is 2.57 bits per heavy atom. The number of ether oxygens (including phenoxy) is 1. The first kappa shape index (κ1) is 8.76. The van der Waals surface area contributed by atoms with Crippen LogP contribution in [0.1, 0.15) is 24.3 Å². The van der Waals surface area contributed by atoms with Crippen molar-refractivity contribution in [2.24, 2.45) is 5.73 Å². The standard InChI is InChI=1S/C9H13N3OS/c10-4-9(8-12-11-5-14-8)3-6-1-2-7(9)13-6/h5-7H,1-4,10H2. The van der Waals surface area contributed by atoms with Crippen LogP contribution in [0.25, 0.3) is 0 Å². The van der Waals surface area contributed by atoms with Crippen LogP contribution in [0.4, 0.5) is 0 Å². The van der Waals surface area contributed by atoms with E-state index in [2.05, 4.69) is 10.2 Å². The van der Waals surface area contributed by atoms with Gasteiger partial charge in [-0.15, -0.1) is 21.5 Å². The van der Waals surface area contributed by atoms with Gasteiger partial charge in [0.15, 0.2) is 0 Å². The average Bonchev–Trinajstić information content (AvgIpc) is 2.93. The van der Waals surface area contributed by atoms with E-state index in [1.165, 1.54) is 6.42 Å². The molecule has 0 saturated carbocycles. The molecule has 2 saturated heterocycles. The van der Waals surface area contributed by atoms with Crippen LogP contribution in [0, 0.1) is 0 Å². The Morgan fingerprint density at radius 1 is 1.64 bits per heavy atom. The minimum Gasteiger partial charge on any atom is -0.374 e. The Balaban J connectivity index is 2.00. The first-order valence-electron chi connectivity index (χ1n) is 4.97. The first-order valence-corrected chi connectivity index (χ1v) is 5.85. The molecular weight excluding hydrogens is 198 g/mol. The molecule has 0 amide bonds. The summed E-state index contributed by atoms with van der Waals surface area (Å²) in [5, 5.41) is 9.13. The molecule has 0 radical (unpaired) electrons. The van der Waals surface area contributed by atoms with Gasteiger partial charge in [0, 0.05) is 6.54 Å². The molecule has 14 heavy (non-hydrogen) atoms. The highest BCUT2D eigenvalue weighted by atomic mass is 32.1. The zero-order chi connectivity index (χ0) is 9.60. The molecule has 0 aromatic carbocycles. The van der Waals surface area contributed by atoms with E-state index in [1.54, 1.807) is 16.8 Å². The monoisotopic (exact) mass is 211 g/mol. The van der Waals surface area contributed by atoms with Gasteiger partial charge in [-0.2, -0.15) is 0 Å². The Labute approximate surface area is 86.5 Å². The molecule has 3 rings (SSSR count). The van der Waals surface area contributed by atoms with E-state index in [1.807, 2.05) is 0 Å². The largest absolute Gasteiger partial charge is 0.374 e. The Hall–Kier alpha value is -0.520. The summed E-state index contributed by atoms with van der Waals surface area (Å²) >= 11 is 1.60. The molecule has 2 fully saturated rings. The summed E-state index contributed by atoms with van der Waals surface area (Å²) in [5.41, 5.74) is 7.66. The lowest BCUT2D eigenvalue weighted by Gasteiger charge is -2.31. The van der Waals surface area contributed by atoms with Crippen LogP contribution in [-0.2, 0) is 10.2 Å². The van der Waals surface area contributed by atoms with Crippen molar-refractivity contribution in [1.29, 1.82) is 0 Å². The van der Waals surface area contributed by atoms with Crippen molar-refractivity contribution in [3.63, 3.8) is 0 Å². The number of rotatable bonds is 2. The first-order chi connectivity index (χ1) is 6.85. The number of hydrogen-bond donors (Lipinski definition) is 1. The molecule has 5 heteroatoms. The SMILES string of the molecule is NCC1(c2nncs2)CC2CCC1O2. The molecule has 4 nitrogen and oxygen atoms in total. The van der Waals surface area contributed by atoms with Crippen molar-refractivity contribution < 1.29 is 4.74 Å². The van der Waals surface area contributed by atoms with Gasteiger partial charge >= 0.3 is 0 Å². The van der Waals surface area contributed by atoms with Gasteiger partial charge in [0.05, 0.1) is 17.6 Å². The van der Waals surface area contributed by atoms with E-state index in [9.17, 15) is 0 Å². The van der Waals surface area contributed by atoms with Crippen LogP contribution < -0.4 is 5.73 Å². The normalized spacial score (nSPS) is 40.6. The van der Waals surface area contributed by atoms with Gasteiger partial charge < -0.3 is 10.5 Å². The van der Waals surface area contributed by atoms with Gasteiger partial charge in [0.2, 0.25) is 0 Å².